The fourth-order valence-corrected chi connectivity index (χ4v) is 3.46. The number of carbonyl (C=O) groups is 2. The van der Waals surface area contributed by atoms with E-state index in [2.05, 4.69) is 16.0 Å². The van der Waals surface area contributed by atoms with E-state index in [4.69, 9.17) is 16.3 Å². The van der Waals surface area contributed by atoms with Crippen molar-refractivity contribution < 1.29 is 32.6 Å². The minimum Gasteiger partial charge on any atom is -0.503 e. The zero-order valence-corrected chi connectivity index (χ0v) is 17.7. The first-order chi connectivity index (χ1) is 15.0. The summed E-state index contributed by atoms with van der Waals surface area (Å²) in [5.74, 6) is -0.979. The fraction of sp³-hybridized carbons (Fsp3) is 0.238. The van der Waals surface area contributed by atoms with Gasteiger partial charge in [-0.1, -0.05) is 17.7 Å². The molecule has 0 saturated carbocycles. The van der Waals surface area contributed by atoms with Crippen molar-refractivity contribution in [1.29, 1.82) is 0 Å². The normalized spacial score (nSPS) is 16.3. The van der Waals surface area contributed by atoms with Gasteiger partial charge in [0, 0.05) is 11.4 Å². The molecule has 3 amide bonds. The van der Waals surface area contributed by atoms with Gasteiger partial charge in [-0.3, -0.25) is 4.79 Å². The Balaban J connectivity index is 1.99. The van der Waals surface area contributed by atoms with Crippen molar-refractivity contribution >= 4 is 29.2 Å². The lowest BCUT2D eigenvalue weighted by atomic mass is 9.94. The number of phenolic OH excluding ortho intramolecular Hbond substituents is 1. The quantitative estimate of drug-likeness (QED) is 0.508. The van der Waals surface area contributed by atoms with Crippen LogP contribution < -0.4 is 20.7 Å². The number of hydrogen-bond donors (Lipinski definition) is 4. The summed E-state index contributed by atoms with van der Waals surface area (Å²) in [6.45, 7) is 3.41. The molecule has 32 heavy (non-hydrogen) atoms. The van der Waals surface area contributed by atoms with Gasteiger partial charge >= 0.3 is 12.2 Å². The molecule has 0 bridgehead atoms. The Bertz CT molecular complexity index is 1100. The molecule has 1 heterocycles. The second kappa shape index (κ2) is 8.99. The Morgan fingerprint density at radius 1 is 1.28 bits per heavy atom. The van der Waals surface area contributed by atoms with E-state index in [1.54, 1.807) is 6.92 Å². The zero-order valence-electron chi connectivity index (χ0n) is 16.9. The van der Waals surface area contributed by atoms with E-state index in [1.807, 2.05) is 0 Å². The van der Waals surface area contributed by atoms with Gasteiger partial charge in [-0.15, -0.1) is 0 Å². The van der Waals surface area contributed by atoms with Gasteiger partial charge in [0.15, 0.2) is 11.5 Å². The van der Waals surface area contributed by atoms with Crippen LogP contribution in [0.4, 0.5) is 23.7 Å². The van der Waals surface area contributed by atoms with Gasteiger partial charge < -0.3 is 25.8 Å². The van der Waals surface area contributed by atoms with E-state index < -0.39 is 29.7 Å². The molecule has 0 radical (unpaired) electrons. The molecule has 0 fully saturated rings. The van der Waals surface area contributed by atoms with E-state index in [1.165, 1.54) is 31.2 Å². The van der Waals surface area contributed by atoms with Crippen molar-refractivity contribution in [1.82, 2.24) is 10.6 Å². The maximum absolute atomic E-state index is 13.0. The van der Waals surface area contributed by atoms with Gasteiger partial charge in [0.1, 0.15) is 0 Å². The largest absolute Gasteiger partial charge is 0.503 e. The van der Waals surface area contributed by atoms with Crippen LogP contribution in [0.15, 0.2) is 47.7 Å². The van der Waals surface area contributed by atoms with Crippen LogP contribution in [0.1, 0.15) is 31.0 Å². The highest BCUT2D eigenvalue weighted by molar-refractivity contribution is 6.32. The number of alkyl halides is 3. The number of nitrogens with one attached hydrogen (secondary N) is 3. The van der Waals surface area contributed by atoms with E-state index in [0.29, 0.717) is 5.56 Å². The SMILES string of the molecule is CCOc1cc([C@@H]2NC(=O)NC(C)=C2C(=O)Nc2cccc(C(F)(F)F)c2)cc(Cl)c1O. The molecular formula is C21H19ClF3N3O4. The molecule has 7 nitrogen and oxygen atoms in total. The molecular weight excluding hydrogens is 451 g/mol. The van der Waals surface area contributed by atoms with Gasteiger partial charge in [0.05, 0.1) is 28.8 Å². The summed E-state index contributed by atoms with van der Waals surface area (Å²) in [5.41, 5.74) is -0.407. The van der Waals surface area contributed by atoms with Crippen molar-refractivity contribution in [3.8, 4) is 11.5 Å². The Kier molecular flexibility index (Phi) is 6.54. The molecule has 1 aliphatic heterocycles. The monoisotopic (exact) mass is 469 g/mol. The van der Waals surface area contributed by atoms with Gasteiger partial charge in [-0.25, -0.2) is 4.79 Å². The van der Waals surface area contributed by atoms with Crippen LogP contribution in [0.5, 0.6) is 11.5 Å². The average Bonchev–Trinajstić information content (AvgIpc) is 2.70. The highest BCUT2D eigenvalue weighted by Gasteiger charge is 2.33. The maximum Gasteiger partial charge on any atom is 0.416 e. The van der Waals surface area contributed by atoms with E-state index in [0.717, 1.165) is 12.1 Å². The third-order valence-electron chi connectivity index (χ3n) is 4.65. The molecule has 0 spiro atoms. The molecule has 2 aromatic rings. The lowest BCUT2D eigenvalue weighted by Gasteiger charge is -2.29. The minimum absolute atomic E-state index is 0.0474. The summed E-state index contributed by atoms with van der Waals surface area (Å²) >= 11 is 6.08. The first-order valence-electron chi connectivity index (χ1n) is 9.43. The summed E-state index contributed by atoms with van der Waals surface area (Å²) in [5, 5.41) is 17.5. The molecule has 2 aromatic carbocycles. The summed E-state index contributed by atoms with van der Waals surface area (Å²) in [4.78, 5) is 25.1. The Hall–Kier alpha value is -3.40. The first-order valence-corrected chi connectivity index (χ1v) is 9.81. The molecule has 1 aliphatic rings. The topological polar surface area (TPSA) is 99.7 Å². The van der Waals surface area contributed by atoms with E-state index in [-0.39, 0.29) is 40.1 Å². The van der Waals surface area contributed by atoms with Crippen molar-refractivity contribution in [3.63, 3.8) is 0 Å². The highest BCUT2D eigenvalue weighted by Crippen LogP contribution is 2.39. The molecule has 0 aliphatic carbocycles. The number of rotatable bonds is 5. The van der Waals surface area contributed by atoms with Gasteiger partial charge in [0.2, 0.25) is 0 Å². The average molecular weight is 470 g/mol. The predicted molar refractivity (Wildman–Crippen MR) is 111 cm³/mol. The summed E-state index contributed by atoms with van der Waals surface area (Å²) in [6.07, 6.45) is -4.57. The third-order valence-corrected chi connectivity index (χ3v) is 4.93. The van der Waals surface area contributed by atoms with Crippen LogP contribution >= 0.6 is 11.6 Å². The Labute approximate surface area is 186 Å². The number of amides is 3. The highest BCUT2D eigenvalue weighted by atomic mass is 35.5. The second-order valence-corrected chi connectivity index (χ2v) is 7.29. The summed E-state index contributed by atoms with van der Waals surface area (Å²) in [6, 6.07) is 5.37. The van der Waals surface area contributed by atoms with E-state index in [9.17, 15) is 27.9 Å². The van der Waals surface area contributed by atoms with Gasteiger partial charge in [-0.05, 0) is 49.7 Å². The molecule has 3 rings (SSSR count). The van der Waals surface area contributed by atoms with Crippen molar-refractivity contribution in [2.24, 2.45) is 0 Å². The predicted octanol–water partition coefficient (Wildman–Crippen LogP) is 4.73. The Morgan fingerprint density at radius 3 is 2.66 bits per heavy atom. The molecule has 0 aromatic heterocycles. The molecule has 0 saturated heterocycles. The smallest absolute Gasteiger partial charge is 0.416 e. The number of allylic oxidation sites excluding steroid dienone is 1. The summed E-state index contributed by atoms with van der Waals surface area (Å²) < 4.78 is 44.3. The number of halogens is 4. The third kappa shape index (κ3) is 4.91. The van der Waals surface area contributed by atoms with Crippen molar-refractivity contribution in [3.05, 3.63) is 63.8 Å². The Morgan fingerprint density at radius 2 is 2.00 bits per heavy atom. The summed E-state index contributed by atoms with van der Waals surface area (Å²) in [7, 11) is 0. The standard InChI is InChI=1S/C21H19ClF3N3O4/c1-3-32-15-8-11(7-14(22)18(15)29)17-16(10(2)26-20(31)28-17)19(30)27-13-6-4-5-12(9-13)21(23,24)25/h4-9,17,29H,3H2,1-2H3,(H,27,30)(H2,26,28,31)/t17-/m0/s1. The second-order valence-electron chi connectivity index (χ2n) is 6.89. The van der Waals surface area contributed by atoms with E-state index >= 15 is 0 Å². The first kappa shape index (κ1) is 23.3. The molecule has 11 heteroatoms. The molecule has 0 unspecified atom stereocenters. The minimum atomic E-state index is -4.57. The number of carbonyl (C=O) groups excluding carboxylic acids is 2. The van der Waals surface area contributed by atoms with Crippen LogP contribution in [0, 0.1) is 0 Å². The maximum atomic E-state index is 13.0. The van der Waals surface area contributed by atoms with Gasteiger partial charge in [-0.2, -0.15) is 13.2 Å². The van der Waals surface area contributed by atoms with Crippen LogP contribution in [-0.4, -0.2) is 23.7 Å². The fourth-order valence-electron chi connectivity index (χ4n) is 3.24. The lowest BCUT2D eigenvalue weighted by molar-refractivity contribution is -0.137. The number of phenols is 1. The van der Waals surface area contributed by atoms with Gasteiger partial charge in [0.25, 0.3) is 5.91 Å². The van der Waals surface area contributed by atoms with Crippen molar-refractivity contribution in [2.75, 3.05) is 11.9 Å². The van der Waals surface area contributed by atoms with Crippen LogP contribution in [0.25, 0.3) is 0 Å². The molecule has 1 atom stereocenters. The molecule has 4 N–H and O–H groups in total. The number of ether oxygens (including phenoxy) is 1. The molecule has 170 valence electrons. The number of benzene rings is 2. The number of hydrogen-bond acceptors (Lipinski definition) is 4. The zero-order chi connectivity index (χ0) is 23.6. The van der Waals surface area contributed by atoms with Crippen LogP contribution in [-0.2, 0) is 11.0 Å². The van der Waals surface area contributed by atoms with Crippen molar-refractivity contribution in [2.45, 2.75) is 26.1 Å². The number of anilines is 1. The van der Waals surface area contributed by atoms with Crippen LogP contribution in [0.3, 0.4) is 0 Å². The van der Waals surface area contributed by atoms with Crippen LogP contribution in [0.2, 0.25) is 5.02 Å². The number of urea groups is 1. The number of aromatic hydroxyl groups is 1. The lowest BCUT2D eigenvalue weighted by Crippen LogP contribution is -2.46.